The molecule has 17 heavy (non-hydrogen) atoms. The average Bonchev–Trinajstić information content (AvgIpc) is 2.81. The minimum Gasteiger partial charge on any atom is -0.493 e. The first kappa shape index (κ1) is 12.2. The summed E-state index contributed by atoms with van der Waals surface area (Å²) < 4.78 is 5.65. The highest BCUT2D eigenvalue weighted by molar-refractivity contribution is 5.47. The predicted octanol–water partition coefficient (Wildman–Crippen LogP) is 2.50. The van der Waals surface area contributed by atoms with E-state index in [0.717, 1.165) is 25.4 Å². The van der Waals surface area contributed by atoms with Crippen LogP contribution in [0.5, 0.6) is 5.75 Å². The van der Waals surface area contributed by atoms with E-state index in [1.54, 1.807) is 0 Å². The van der Waals surface area contributed by atoms with Gasteiger partial charge in [-0.25, -0.2) is 0 Å². The van der Waals surface area contributed by atoms with Gasteiger partial charge in [0.05, 0.1) is 6.61 Å². The lowest BCUT2D eigenvalue weighted by Crippen LogP contribution is -2.21. The molecule has 1 heterocycles. The van der Waals surface area contributed by atoms with Crippen LogP contribution in [0.2, 0.25) is 0 Å². The van der Waals surface area contributed by atoms with E-state index in [1.807, 2.05) is 12.1 Å². The summed E-state index contributed by atoms with van der Waals surface area (Å²) in [5.74, 6) is 1.52. The van der Waals surface area contributed by atoms with Crippen molar-refractivity contribution in [2.75, 3.05) is 25.0 Å². The fourth-order valence-electron chi connectivity index (χ4n) is 1.92. The van der Waals surface area contributed by atoms with Gasteiger partial charge in [0.25, 0.3) is 0 Å². The van der Waals surface area contributed by atoms with Crippen molar-refractivity contribution in [3.63, 3.8) is 0 Å². The molecule has 1 fully saturated rings. The van der Waals surface area contributed by atoms with Gasteiger partial charge in [-0.05, 0) is 43.1 Å². The molecule has 94 valence electrons. The first-order valence-electron chi connectivity index (χ1n) is 6.44. The number of ether oxygens (including phenoxy) is 1. The van der Waals surface area contributed by atoms with Crippen molar-refractivity contribution < 1.29 is 4.74 Å². The topological polar surface area (TPSA) is 33.3 Å². The third-order valence-corrected chi connectivity index (χ3v) is 2.87. The normalized spacial score (nSPS) is 19.6. The molecule has 0 aliphatic carbocycles. The summed E-state index contributed by atoms with van der Waals surface area (Å²) in [6, 6.07) is 8.82. The molecule has 1 aliphatic heterocycles. The van der Waals surface area contributed by atoms with E-state index in [-0.39, 0.29) is 0 Å². The molecule has 0 bridgehead atoms. The van der Waals surface area contributed by atoms with E-state index >= 15 is 0 Å². The van der Waals surface area contributed by atoms with Gasteiger partial charge in [0.2, 0.25) is 0 Å². The zero-order chi connectivity index (χ0) is 12.1. The Hall–Kier alpha value is -1.22. The molecule has 1 aromatic rings. The number of hydrogen-bond acceptors (Lipinski definition) is 3. The lowest BCUT2D eigenvalue weighted by molar-refractivity contribution is 0.271. The number of benzene rings is 1. The van der Waals surface area contributed by atoms with Gasteiger partial charge in [-0.1, -0.05) is 13.8 Å². The summed E-state index contributed by atoms with van der Waals surface area (Å²) in [6.45, 7) is 7.27. The quantitative estimate of drug-likeness (QED) is 0.821. The zero-order valence-electron chi connectivity index (χ0n) is 10.7. The van der Waals surface area contributed by atoms with Crippen LogP contribution in [-0.2, 0) is 0 Å². The molecule has 0 amide bonds. The molecule has 1 atom stereocenters. The molecular weight excluding hydrogens is 212 g/mol. The number of rotatable bonds is 5. The second-order valence-electron chi connectivity index (χ2n) is 5.06. The summed E-state index contributed by atoms with van der Waals surface area (Å²) in [4.78, 5) is 0. The van der Waals surface area contributed by atoms with E-state index in [9.17, 15) is 0 Å². The molecule has 0 spiro atoms. The molecule has 2 N–H and O–H groups in total. The Morgan fingerprint density at radius 3 is 2.71 bits per heavy atom. The van der Waals surface area contributed by atoms with Crippen LogP contribution < -0.4 is 15.4 Å². The fraction of sp³-hybridized carbons (Fsp3) is 0.571. The zero-order valence-corrected chi connectivity index (χ0v) is 10.7. The maximum atomic E-state index is 5.65. The molecule has 1 saturated heterocycles. The maximum absolute atomic E-state index is 5.65. The number of nitrogens with one attached hydrogen (secondary N) is 2. The Balaban J connectivity index is 1.84. The number of anilines is 1. The van der Waals surface area contributed by atoms with Crippen molar-refractivity contribution >= 4 is 5.69 Å². The van der Waals surface area contributed by atoms with Crippen molar-refractivity contribution in [3.8, 4) is 5.75 Å². The Kier molecular flexibility index (Phi) is 4.26. The molecule has 0 radical (unpaired) electrons. The monoisotopic (exact) mass is 234 g/mol. The summed E-state index contributed by atoms with van der Waals surface area (Å²) >= 11 is 0. The van der Waals surface area contributed by atoms with Crippen LogP contribution >= 0.6 is 0 Å². The van der Waals surface area contributed by atoms with Crippen molar-refractivity contribution in [3.05, 3.63) is 24.3 Å². The van der Waals surface area contributed by atoms with Gasteiger partial charge in [0.1, 0.15) is 5.75 Å². The van der Waals surface area contributed by atoms with Crippen molar-refractivity contribution in [1.29, 1.82) is 0 Å². The van der Waals surface area contributed by atoms with Crippen LogP contribution in [0.1, 0.15) is 20.3 Å². The second kappa shape index (κ2) is 5.92. The second-order valence-corrected chi connectivity index (χ2v) is 5.06. The Morgan fingerprint density at radius 1 is 1.35 bits per heavy atom. The van der Waals surface area contributed by atoms with Gasteiger partial charge >= 0.3 is 0 Å². The molecule has 1 unspecified atom stereocenters. The molecular formula is C14H22N2O. The molecule has 1 aliphatic rings. The summed E-state index contributed by atoms with van der Waals surface area (Å²) in [5, 5.41) is 6.86. The fourth-order valence-corrected chi connectivity index (χ4v) is 1.92. The maximum Gasteiger partial charge on any atom is 0.119 e. The third-order valence-electron chi connectivity index (χ3n) is 2.87. The molecule has 3 nitrogen and oxygen atoms in total. The SMILES string of the molecule is CC(C)COc1ccc(NC2CCNC2)cc1. The number of hydrogen-bond donors (Lipinski definition) is 2. The third kappa shape index (κ3) is 3.93. The van der Waals surface area contributed by atoms with Crippen LogP contribution in [0.25, 0.3) is 0 Å². The van der Waals surface area contributed by atoms with Crippen LogP contribution in [0, 0.1) is 5.92 Å². The largest absolute Gasteiger partial charge is 0.493 e. The summed E-state index contributed by atoms with van der Waals surface area (Å²) in [5.41, 5.74) is 1.18. The van der Waals surface area contributed by atoms with Crippen LogP contribution in [-0.4, -0.2) is 25.7 Å². The molecule has 2 rings (SSSR count). The highest BCUT2D eigenvalue weighted by Crippen LogP contribution is 2.18. The van der Waals surface area contributed by atoms with Crippen LogP contribution in [0.4, 0.5) is 5.69 Å². The molecule has 0 saturated carbocycles. The van der Waals surface area contributed by atoms with Gasteiger partial charge in [0.15, 0.2) is 0 Å². The Labute approximate surface area is 104 Å². The predicted molar refractivity (Wildman–Crippen MR) is 71.7 cm³/mol. The van der Waals surface area contributed by atoms with Crippen molar-refractivity contribution in [2.24, 2.45) is 5.92 Å². The average molecular weight is 234 g/mol. The van der Waals surface area contributed by atoms with E-state index in [2.05, 4.69) is 36.6 Å². The molecule has 1 aromatic carbocycles. The van der Waals surface area contributed by atoms with Crippen molar-refractivity contribution in [1.82, 2.24) is 5.32 Å². The minimum absolute atomic E-state index is 0.567. The van der Waals surface area contributed by atoms with Crippen LogP contribution in [0.15, 0.2) is 24.3 Å². The van der Waals surface area contributed by atoms with E-state index in [4.69, 9.17) is 4.74 Å². The first-order valence-corrected chi connectivity index (χ1v) is 6.44. The minimum atomic E-state index is 0.567. The van der Waals surface area contributed by atoms with Crippen molar-refractivity contribution in [2.45, 2.75) is 26.3 Å². The van der Waals surface area contributed by atoms with Crippen LogP contribution in [0.3, 0.4) is 0 Å². The van der Waals surface area contributed by atoms with E-state index in [1.165, 1.54) is 12.1 Å². The lowest BCUT2D eigenvalue weighted by atomic mass is 10.2. The van der Waals surface area contributed by atoms with E-state index in [0.29, 0.717) is 12.0 Å². The van der Waals surface area contributed by atoms with Gasteiger partial charge in [-0.15, -0.1) is 0 Å². The highest BCUT2D eigenvalue weighted by Gasteiger charge is 2.13. The summed E-state index contributed by atoms with van der Waals surface area (Å²) in [7, 11) is 0. The van der Waals surface area contributed by atoms with Gasteiger partial charge in [0, 0.05) is 18.3 Å². The first-order chi connectivity index (χ1) is 8.24. The smallest absolute Gasteiger partial charge is 0.119 e. The van der Waals surface area contributed by atoms with Gasteiger partial charge in [-0.3, -0.25) is 0 Å². The summed E-state index contributed by atoms with van der Waals surface area (Å²) in [6.07, 6.45) is 1.20. The lowest BCUT2D eigenvalue weighted by Gasteiger charge is -2.14. The standard InChI is InChI=1S/C14H22N2O/c1-11(2)10-17-14-5-3-12(4-6-14)16-13-7-8-15-9-13/h3-6,11,13,15-16H,7-10H2,1-2H3. The highest BCUT2D eigenvalue weighted by atomic mass is 16.5. The van der Waals surface area contributed by atoms with E-state index < -0.39 is 0 Å². The Bertz CT molecular complexity index is 329. The van der Waals surface area contributed by atoms with Gasteiger partial charge in [-0.2, -0.15) is 0 Å². The Morgan fingerprint density at radius 2 is 2.12 bits per heavy atom. The molecule has 3 heteroatoms. The van der Waals surface area contributed by atoms with Gasteiger partial charge < -0.3 is 15.4 Å². The molecule has 0 aromatic heterocycles.